The largest absolute Gasteiger partial charge is 0.330 e. The first-order chi connectivity index (χ1) is 11.1. The van der Waals surface area contributed by atoms with Gasteiger partial charge >= 0.3 is 0 Å². The van der Waals surface area contributed by atoms with E-state index < -0.39 is 0 Å². The summed E-state index contributed by atoms with van der Waals surface area (Å²) in [6, 6.07) is 14.5. The van der Waals surface area contributed by atoms with Crippen LogP contribution in [0.1, 0.15) is 30.4 Å². The topological polar surface area (TPSA) is 59.8 Å². The molecule has 1 heterocycles. The minimum absolute atomic E-state index is 0.149. The van der Waals surface area contributed by atoms with Crippen molar-refractivity contribution in [2.45, 2.75) is 20.0 Å². The summed E-state index contributed by atoms with van der Waals surface area (Å²) in [4.78, 5) is 12.5. The van der Waals surface area contributed by atoms with Gasteiger partial charge in [0.05, 0.1) is 5.52 Å². The number of carbonyl (C=O) groups is 1. The Morgan fingerprint density at radius 1 is 1.13 bits per heavy atom. The van der Waals surface area contributed by atoms with Gasteiger partial charge in [-0.25, -0.2) is 4.68 Å². The summed E-state index contributed by atoms with van der Waals surface area (Å²) in [5.41, 5.74) is 2.26. The van der Waals surface area contributed by atoms with Gasteiger partial charge in [-0.2, -0.15) is 0 Å². The molecule has 0 saturated carbocycles. The van der Waals surface area contributed by atoms with Gasteiger partial charge in [0.1, 0.15) is 11.7 Å². The van der Waals surface area contributed by atoms with Gasteiger partial charge < -0.3 is 5.32 Å². The van der Waals surface area contributed by atoms with Crippen LogP contribution in [-0.2, 0) is 0 Å². The van der Waals surface area contributed by atoms with Crippen molar-refractivity contribution in [2.24, 2.45) is 5.92 Å². The Morgan fingerprint density at radius 2 is 1.83 bits per heavy atom. The smallest absolute Gasteiger partial charge is 0.252 e. The Morgan fingerprint density at radius 3 is 2.52 bits per heavy atom. The Balaban J connectivity index is 1.90. The van der Waals surface area contributed by atoms with Crippen LogP contribution in [0.3, 0.4) is 0 Å². The first-order valence-electron chi connectivity index (χ1n) is 7.42. The number of fused-ring (bicyclic) bond motifs is 1. The molecule has 23 heavy (non-hydrogen) atoms. The molecule has 1 aromatic heterocycles. The van der Waals surface area contributed by atoms with Gasteiger partial charge in [0.2, 0.25) is 0 Å². The normalized spacial score (nSPS) is 12.5. The van der Waals surface area contributed by atoms with E-state index >= 15 is 0 Å². The van der Waals surface area contributed by atoms with E-state index in [1.165, 1.54) is 0 Å². The van der Waals surface area contributed by atoms with Crippen molar-refractivity contribution < 1.29 is 4.79 Å². The number of carbonyl (C=O) groups excluding carboxylic acids is 1. The maximum absolute atomic E-state index is 12.5. The van der Waals surface area contributed by atoms with Gasteiger partial charge in [0.15, 0.2) is 0 Å². The third kappa shape index (κ3) is 3.19. The fraction of sp³-hybridized carbons (Fsp3) is 0.235. The van der Waals surface area contributed by atoms with Crippen LogP contribution in [0.4, 0.5) is 0 Å². The first kappa shape index (κ1) is 15.5. The molecule has 1 N–H and O–H groups in total. The monoisotopic (exact) mass is 328 g/mol. The van der Waals surface area contributed by atoms with Gasteiger partial charge in [-0.15, -0.1) is 5.10 Å². The lowest BCUT2D eigenvalue weighted by atomic mass is 10.1. The maximum Gasteiger partial charge on any atom is 0.252 e. The molecule has 1 amide bonds. The molecule has 3 rings (SSSR count). The zero-order valence-corrected chi connectivity index (χ0v) is 13.7. The zero-order valence-electron chi connectivity index (χ0n) is 12.9. The summed E-state index contributed by atoms with van der Waals surface area (Å²) in [5.74, 6) is -0.0173. The molecule has 0 spiro atoms. The summed E-state index contributed by atoms with van der Waals surface area (Å²) in [5, 5.41) is 12.0. The van der Waals surface area contributed by atoms with Crippen molar-refractivity contribution in [1.29, 1.82) is 0 Å². The van der Waals surface area contributed by atoms with E-state index in [9.17, 15) is 4.79 Å². The predicted octanol–water partition coefficient (Wildman–Crippen LogP) is 3.67. The van der Waals surface area contributed by atoms with Gasteiger partial charge in [0, 0.05) is 10.6 Å². The highest BCUT2D eigenvalue weighted by atomic mass is 35.5. The number of aromatic nitrogens is 3. The third-order valence-corrected chi connectivity index (χ3v) is 3.91. The van der Waals surface area contributed by atoms with E-state index in [4.69, 9.17) is 11.6 Å². The second-order valence-electron chi connectivity index (χ2n) is 5.69. The van der Waals surface area contributed by atoms with E-state index in [1.54, 1.807) is 28.9 Å². The summed E-state index contributed by atoms with van der Waals surface area (Å²) >= 11 is 5.87. The molecule has 5 nitrogen and oxygen atoms in total. The highest BCUT2D eigenvalue weighted by Gasteiger charge is 2.22. The number of halogens is 1. The average molecular weight is 329 g/mol. The Hall–Kier alpha value is -2.40. The lowest BCUT2D eigenvalue weighted by Gasteiger charge is -2.23. The van der Waals surface area contributed by atoms with Crippen LogP contribution in [0.2, 0.25) is 5.02 Å². The number of amides is 1. The van der Waals surface area contributed by atoms with Crippen LogP contribution < -0.4 is 5.32 Å². The standard InChI is InChI=1S/C17H17ClN4O/c1-11(2)16(19-17(23)12-7-9-13(18)10-8-12)22-15-6-4-3-5-14(15)20-21-22/h3-11,16H,1-2H3,(H,19,23). The van der Waals surface area contributed by atoms with Gasteiger partial charge in [0.25, 0.3) is 5.91 Å². The van der Waals surface area contributed by atoms with Crippen LogP contribution in [-0.4, -0.2) is 20.9 Å². The van der Waals surface area contributed by atoms with Crippen molar-refractivity contribution in [3.63, 3.8) is 0 Å². The maximum atomic E-state index is 12.5. The van der Waals surface area contributed by atoms with Crippen LogP contribution >= 0.6 is 11.6 Å². The Bertz CT molecular complexity index is 826. The fourth-order valence-corrected chi connectivity index (χ4v) is 2.55. The first-order valence-corrected chi connectivity index (χ1v) is 7.80. The molecular formula is C17H17ClN4O. The van der Waals surface area contributed by atoms with Gasteiger partial charge in [-0.3, -0.25) is 4.79 Å². The predicted molar refractivity (Wildman–Crippen MR) is 90.3 cm³/mol. The molecule has 118 valence electrons. The van der Waals surface area contributed by atoms with Crippen molar-refractivity contribution >= 4 is 28.5 Å². The van der Waals surface area contributed by atoms with E-state index in [2.05, 4.69) is 15.6 Å². The summed E-state index contributed by atoms with van der Waals surface area (Å²) in [6.45, 7) is 4.06. The molecule has 0 saturated heterocycles. The lowest BCUT2D eigenvalue weighted by molar-refractivity contribution is 0.0896. The second-order valence-corrected chi connectivity index (χ2v) is 6.13. The molecule has 1 atom stereocenters. The minimum Gasteiger partial charge on any atom is -0.330 e. The van der Waals surface area contributed by atoms with Crippen LogP contribution in [0.25, 0.3) is 11.0 Å². The van der Waals surface area contributed by atoms with Crippen molar-refractivity contribution in [3.8, 4) is 0 Å². The van der Waals surface area contributed by atoms with Crippen molar-refractivity contribution in [3.05, 3.63) is 59.1 Å². The average Bonchev–Trinajstić information content (AvgIpc) is 2.96. The number of nitrogens with one attached hydrogen (secondary N) is 1. The Kier molecular flexibility index (Phi) is 4.30. The van der Waals surface area contributed by atoms with E-state index in [0.717, 1.165) is 11.0 Å². The molecule has 0 aliphatic heterocycles. The quantitative estimate of drug-likeness (QED) is 0.795. The zero-order chi connectivity index (χ0) is 16.4. The number of hydrogen-bond donors (Lipinski definition) is 1. The summed E-state index contributed by atoms with van der Waals surface area (Å²) < 4.78 is 1.76. The SMILES string of the molecule is CC(C)C(NC(=O)c1ccc(Cl)cc1)n1nnc2ccccc21. The molecule has 0 fully saturated rings. The lowest BCUT2D eigenvalue weighted by Crippen LogP contribution is -2.36. The van der Waals surface area contributed by atoms with Crippen molar-refractivity contribution in [2.75, 3.05) is 0 Å². The van der Waals surface area contributed by atoms with Crippen molar-refractivity contribution in [1.82, 2.24) is 20.3 Å². The summed E-state index contributed by atoms with van der Waals surface area (Å²) in [6.07, 6.45) is -0.287. The second kappa shape index (κ2) is 6.38. The number of rotatable bonds is 4. The molecule has 0 bridgehead atoms. The fourth-order valence-electron chi connectivity index (χ4n) is 2.42. The van der Waals surface area contributed by atoms with E-state index in [1.807, 2.05) is 38.1 Å². The molecule has 0 radical (unpaired) electrons. The third-order valence-electron chi connectivity index (χ3n) is 3.66. The minimum atomic E-state index is -0.287. The molecule has 0 aliphatic carbocycles. The molecule has 6 heteroatoms. The highest BCUT2D eigenvalue weighted by molar-refractivity contribution is 6.30. The van der Waals surface area contributed by atoms with Crippen LogP contribution in [0, 0.1) is 5.92 Å². The van der Waals surface area contributed by atoms with E-state index in [-0.39, 0.29) is 18.0 Å². The number of hydrogen-bond acceptors (Lipinski definition) is 3. The number of nitrogens with zero attached hydrogens (tertiary/aromatic N) is 3. The van der Waals surface area contributed by atoms with Crippen LogP contribution in [0.15, 0.2) is 48.5 Å². The number of para-hydroxylation sites is 1. The highest BCUT2D eigenvalue weighted by Crippen LogP contribution is 2.20. The van der Waals surface area contributed by atoms with Gasteiger partial charge in [-0.05, 0) is 42.3 Å². The molecule has 1 unspecified atom stereocenters. The molecule has 3 aromatic rings. The summed E-state index contributed by atoms with van der Waals surface area (Å²) in [7, 11) is 0. The molecular weight excluding hydrogens is 312 g/mol. The molecule has 0 aliphatic rings. The van der Waals surface area contributed by atoms with Crippen LogP contribution in [0.5, 0.6) is 0 Å². The molecule has 2 aromatic carbocycles. The van der Waals surface area contributed by atoms with Gasteiger partial charge in [-0.1, -0.05) is 42.8 Å². The Labute approximate surface area is 139 Å². The van der Waals surface area contributed by atoms with E-state index in [0.29, 0.717) is 10.6 Å². The number of benzene rings is 2.